The molecule has 0 aromatic carbocycles. The largest absolute Gasteiger partial charge is 0.391 e. The summed E-state index contributed by atoms with van der Waals surface area (Å²) in [5, 5.41) is 21.0. The van der Waals surface area contributed by atoms with Crippen molar-refractivity contribution in [1.29, 1.82) is 0 Å². The van der Waals surface area contributed by atoms with Crippen LogP contribution in [0.4, 0.5) is 0 Å². The van der Waals surface area contributed by atoms with Gasteiger partial charge in [-0.1, -0.05) is 5.16 Å². The number of aromatic nitrogens is 3. The smallest absolute Gasteiger partial charge is 0.224 e. The van der Waals surface area contributed by atoms with Gasteiger partial charge in [-0.2, -0.15) is 5.10 Å². The zero-order chi connectivity index (χ0) is 15.9. The van der Waals surface area contributed by atoms with Crippen LogP contribution in [0, 0.1) is 20.8 Å². The Morgan fingerprint density at radius 3 is 2.82 bits per heavy atom. The molecule has 0 aliphatic heterocycles. The van der Waals surface area contributed by atoms with E-state index in [-0.39, 0.29) is 24.4 Å². The molecular formula is C15H20N4O3. The molecule has 2 heterocycles. The number of rotatable bonds is 4. The molecule has 2 N–H and O–H groups in total. The van der Waals surface area contributed by atoms with E-state index in [2.05, 4.69) is 15.6 Å². The van der Waals surface area contributed by atoms with Crippen molar-refractivity contribution in [2.75, 3.05) is 0 Å². The molecule has 3 rings (SSSR count). The maximum atomic E-state index is 12.2. The number of hydrogen-bond acceptors (Lipinski definition) is 5. The summed E-state index contributed by atoms with van der Waals surface area (Å²) in [5.41, 5.74) is 2.59. The van der Waals surface area contributed by atoms with E-state index in [4.69, 9.17) is 4.52 Å². The van der Waals surface area contributed by atoms with Gasteiger partial charge in [0.2, 0.25) is 5.91 Å². The number of nitrogens with one attached hydrogen (secondary N) is 1. The van der Waals surface area contributed by atoms with Crippen molar-refractivity contribution in [3.05, 3.63) is 35.0 Å². The molecule has 3 atom stereocenters. The molecule has 2 aromatic heterocycles. The van der Waals surface area contributed by atoms with Crippen molar-refractivity contribution in [3.63, 3.8) is 0 Å². The van der Waals surface area contributed by atoms with E-state index in [0.29, 0.717) is 12.2 Å². The number of aryl methyl sites for hydroxylation is 3. The summed E-state index contributed by atoms with van der Waals surface area (Å²) in [5.74, 6) is 0.570. The Labute approximate surface area is 128 Å². The van der Waals surface area contributed by atoms with Gasteiger partial charge in [0.05, 0.1) is 36.5 Å². The molecule has 0 saturated heterocycles. The fourth-order valence-electron chi connectivity index (χ4n) is 2.89. The first-order valence-corrected chi connectivity index (χ1v) is 7.35. The Hall–Kier alpha value is -2.15. The van der Waals surface area contributed by atoms with Crippen molar-refractivity contribution < 1.29 is 14.4 Å². The van der Waals surface area contributed by atoms with Gasteiger partial charge < -0.3 is 14.9 Å². The topological polar surface area (TPSA) is 93.2 Å². The van der Waals surface area contributed by atoms with Crippen LogP contribution in [0.2, 0.25) is 0 Å². The highest BCUT2D eigenvalue weighted by Gasteiger charge is 2.42. The van der Waals surface area contributed by atoms with E-state index in [0.717, 1.165) is 16.8 Å². The van der Waals surface area contributed by atoms with Gasteiger partial charge in [-0.15, -0.1) is 0 Å². The monoisotopic (exact) mass is 304 g/mol. The van der Waals surface area contributed by atoms with E-state index < -0.39 is 6.10 Å². The minimum Gasteiger partial charge on any atom is -0.391 e. The molecule has 0 spiro atoms. The Morgan fingerprint density at radius 1 is 1.50 bits per heavy atom. The van der Waals surface area contributed by atoms with Crippen LogP contribution >= 0.6 is 0 Å². The molecule has 1 aliphatic carbocycles. The number of carbonyl (C=O) groups excluding carboxylic acids is 1. The predicted molar refractivity (Wildman–Crippen MR) is 78.2 cm³/mol. The van der Waals surface area contributed by atoms with E-state index in [1.807, 2.05) is 20.0 Å². The molecule has 118 valence electrons. The van der Waals surface area contributed by atoms with E-state index in [9.17, 15) is 9.90 Å². The highest BCUT2D eigenvalue weighted by Crippen LogP contribution is 2.32. The van der Waals surface area contributed by atoms with Crippen molar-refractivity contribution in [3.8, 4) is 0 Å². The highest BCUT2D eigenvalue weighted by molar-refractivity contribution is 5.79. The van der Waals surface area contributed by atoms with Crippen LogP contribution < -0.4 is 5.32 Å². The maximum absolute atomic E-state index is 12.2. The van der Waals surface area contributed by atoms with Crippen molar-refractivity contribution in [2.45, 2.75) is 51.8 Å². The molecule has 1 fully saturated rings. The molecule has 0 unspecified atom stereocenters. The van der Waals surface area contributed by atoms with Crippen molar-refractivity contribution in [1.82, 2.24) is 20.3 Å². The van der Waals surface area contributed by atoms with Crippen LogP contribution in [-0.4, -0.2) is 38.1 Å². The predicted octanol–water partition coefficient (Wildman–Crippen LogP) is 0.830. The Kier molecular flexibility index (Phi) is 3.74. The Morgan fingerprint density at radius 2 is 2.27 bits per heavy atom. The first kappa shape index (κ1) is 14.8. The summed E-state index contributed by atoms with van der Waals surface area (Å²) in [6.07, 6.45) is 3.91. The van der Waals surface area contributed by atoms with E-state index in [1.54, 1.807) is 17.8 Å². The summed E-state index contributed by atoms with van der Waals surface area (Å²) in [6, 6.07) is -0.315. The molecule has 1 aliphatic rings. The summed E-state index contributed by atoms with van der Waals surface area (Å²) in [6.45, 7) is 5.56. The number of amides is 1. The zero-order valence-corrected chi connectivity index (χ0v) is 12.9. The van der Waals surface area contributed by atoms with Crippen LogP contribution in [0.3, 0.4) is 0 Å². The SMILES string of the molecule is Cc1cnn([C@H]2[C@H](O)C[C@@H]2NC(=O)Cc2c(C)noc2C)c1. The second-order valence-corrected chi connectivity index (χ2v) is 5.94. The van der Waals surface area contributed by atoms with Crippen LogP contribution in [-0.2, 0) is 11.2 Å². The maximum Gasteiger partial charge on any atom is 0.224 e. The minimum absolute atomic E-state index is 0.0971. The highest BCUT2D eigenvalue weighted by atomic mass is 16.5. The standard InChI is InChI=1S/C15H20N4O3/c1-8-6-16-19(7-8)15-12(5-13(15)20)17-14(21)4-11-9(2)18-22-10(11)3/h6-7,12-13,15,20H,4-5H2,1-3H3,(H,17,21)/t12-,13+,15+/m0/s1. The third kappa shape index (κ3) is 2.64. The molecule has 1 saturated carbocycles. The quantitative estimate of drug-likeness (QED) is 0.872. The number of carbonyl (C=O) groups is 1. The lowest BCUT2D eigenvalue weighted by atomic mass is 9.83. The van der Waals surface area contributed by atoms with E-state index >= 15 is 0 Å². The first-order chi connectivity index (χ1) is 10.5. The number of hydrogen-bond donors (Lipinski definition) is 2. The fraction of sp³-hybridized carbons (Fsp3) is 0.533. The van der Waals surface area contributed by atoms with Gasteiger partial charge in [0, 0.05) is 11.8 Å². The summed E-state index contributed by atoms with van der Waals surface area (Å²) in [7, 11) is 0. The van der Waals surface area contributed by atoms with Crippen molar-refractivity contribution >= 4 is 5.91 Å². The molecule has 2 aromatic rings. The molecule has 22 heavy (non-hydrogen) atoms. The molecule has 7 heteroatoms. The van der Waals surface area contributed by atoms with Crippen molar-refractivity contribution in [2.24, 2.45) is 0 Å². The summed E-state index contributed by atoms with van der Waals surface area (Å²) < 4.78 is 6.79. The zero-order valence-electron chi connectivity index (χ0n) is 12.9. The summed E-state index contributed by atoms with van der Waals surface area (Å²) in [4.78, 5) is 12.2. The van der Waals surface area contributed by atoms with Crippen LogP contribution in [0.1, 0.15) is 35.0 Å². The fourth-order valence-corrected chi connectivity index (χ4v) is 2.89. The molecule has 0 bridgehead atoms. The van der Waals surface area contributed by atoms with Crippen LogP contribution in [0.25, 0.3) is 0 Å². The third-order valence-corrected chi connectivity index (χ3v) is 4.20. The van der Waals surface area contributed by atoms with Gasteiger partial charge in [-0.3, -0.25) is 9.48 Å². The van der Waals surface area contributed by atoms with Gasteiger partial charge in [0.1, 0.15) is 5.76 Å². The first-order valence-electron chi connectivity index (χ1n) is 7.35. The van der Waals surface area contributed by atoms with Gasteiger partial charge in [0.15, 0.2) is 0 Å². The van der Waals surface area contributed by atoms with Gasteiger partial charge in [-0.25, -0.2) is 0 Å². The van der Waals surface area contributed by atoms with Gasteiger partial charge in [0.25, 0.3) is 0 Å². The minimum atomic E-state index is -0.483. The molecular weight excluding hydrogens is 284 g/mol. The third-order valence-electron chi connectivity index (χ3n) is 4.20. The van der Waals surface area contributed by atoms with Crippen LogP contribution in [0.5, 0.6) is 0 Å². The lowest BCUT2D eigenvalue weighted by molar-refractivity contribution is -0.124. The van der Waals surface area contributed by atoms with Crippen LogP contribution in [0.15, 0.2) is 16.9 Å². The lowest BCUT2D eigenvalue weighted by Crippen LogP contribution is -2.56. The second kappa shape index (κ2) is 5.57. The summed E-state index contributed by atoms with van der Waals surface area (Å²) >= 11 is 0. The second-order valence-electron chi connectivity index (χ2n) is 5.94. The molecule has 1 amide bonds. The Bertz CT molecular complexity index is 671. The number of nitrogens with zero attached hydrogens (tertiary/aromatic N) is 3. The average molecular weight is 304 g/mol. The normalized spacial score (nSPS) is 24.1. The average Bonchev–Trinajstić information content (AvgIpc) is 2.98. The number of aliphatic hydroxyl groups excluding tert-OH is 1. The lowest BCUT2D eigenvalue weighted by Gasteiger charge is -2.41. The molecule has 7 nitrogen and oxygen atoms in total. The Balaban J connectivity index is 1.64. The van der Waals surface area contributed by atoms with E-state index in [1.165, 1.54) is 0 Å². The molecule has 0 radical (unpaired) electrons. The van der Waals surface area contributed by atoms with Gasteiger partial charge >= 0.3 is 0 Å². The van der Waals surface area contributed by atoms with Gasteiger partial charge in [-0.05, 0) is 32.8 Å². The number of aliphatic hydroxyl groups is 1.